The van der Waals surface area contributed by atoms with Crippen LogP contribution >= 0.6 is 0 Å². The summed E-state index contributed by atoms with van der Waals surface area (Å²) in [5.74, 6) is 0. The number of anilines is 1. The third kappa shape index (κ3) is 4.05. The van der Waals surface area contributed by atoms with Gasteiger partial charge >= 0.3 is 11.9 Å². The van der Waals surface area contributed by atoms with Crippen LogP contribution in [0.5, 0.6) is 0 Å². The zero-order valence-electron chi connectivity index (χ0n) is 10.8. The molecule has 0 radical (unpaired) electrons. The summed E-state index contributed by atoms with van der Waals surface area (Å²) in [4.78, 5) is 13.1. The third-order valence-corrected chi connectivity index (χ3v) is 2.65. The lowest BCUT2D eigenvalue weighted by Crippen LogP contribution is -2.29. The molecular weight excluding hydrogens is 277 g/mol. The molecule has 0 saturated heterocycles. The van der Waals surface area contributed by atoms with E-state index in [1.807, 2.05) is 6.92 Å². The predicted octanol–water partition coefficient (Wildman–Crippen LogP) is 2.55. The molecule has 0 saturated carbocycles. The second kappa shape index (κ2) is 6.51. The van der Waals surface area contributed by atoms with Gasteiger partial charge in [-0.25, -0.2) is 4.98 Å². The monoisotopic (exact) mass is 292 g/mol. The predicted molar refractivity (Wildman–Crippen MR) is 67.3 cm³/mol. The molecule has 1 rings (SSSR count). The van der Waals surface area contributed by atoms with Crippen LogP contribution < -0.4 is 11.1 Å². The Balaban J connectivity index is 3.15. The number of nitrogens with one attached hydrogen (secondary N) is 1. The Morgan fingerprint density at radius 3 is 2.65 bits per heavy atom. The number of pyridine rings is 1. The quantitative estimate of drug-likeness (QED) is 0.620. The zero-order chi connectivity index (χ0) is 15.3. The van der Waals surface area contributed by atoms with Gasteiger partial charge in [-0.05, 0) is 12.5 Å². The Bertz CT molecular complexity index is 479. The number of nitro groups is 1. The number of alkyl halides is 3. The molecule has 0 bridgehead atoms. The van der Waals surface area contributed by atoms with E-state index in [2.05, 4.69) is 10.3 Å². The first kappa shape index (κ1) is 16.2. The van der Waals surface area contributed by atoms with Gasteiger partial charge < -0.3 is 11.1 Å². The molecule has 20 heavy (non-hydrogen) atoms. The number of aromatic nitrogens is 1. The van der Waals surface area contributed by atoms with Gasteiger partial charge in [0.2, 0.25) is 0 Å². The molecule has 0 aliphatic rings. The van der Waals surface area contributed by atoms with Crippen LogP contribution in [0.3, 0.4) is 0 Å². The highest BCUT2D eigenvalue weighted by molar-refractivity contribution is 5.61. The minimum atomic E-state index is -4.66. The molecule has 0 amide bonds. The van der Waals surface area contributed by atoms with Crippen LogP contribution in [-0.2, 0) is 6.18 Å². The summed E-state index contributed by atoms with van der Waals surface area (Å²) in [6.45, 7) is 2.04. The molecule has 0 spiro atoms. The smallest absolute Gasteiger partial charge is 0.375 e. The number of hydrogen-bond donors (Lipinski definition) is 2. The second-order valence-corrected chi connectivity index (χ2v) is 4.21. The van der Waals surface area contributed by atoms with Crippen molar-refractivity contribution in [2.45, 2.75) is 32.0 Å². The van der Waals surface area contributed by atoms with Crippen molar-refractivity contribution in [1.82, 2.24) is 4.98 Å². The fourth-order valence-electron chi connectivity index (χ4n) is 1.68. The van der Waals surface area contributed by atoms with Crippen molar-refractivity contribution >= 4 is 11.4 Å². The molecule has 3 N–H and O–H groups in total. The van der Waals surface area contributed by atoms with Gasteiger partial charge in [-0.1, -0.05) is 13.3 Å². The molecule has 0 aliphatic carbocycles. The van der Waals surface area contributed by atoms with E-state index in [0.717, 1.165) is 6.42 Å². The van der Waals surface area contributed by atoms with Crippen LogP contribution in [0.25, 0.3) is 0 Å². The Kier molecular flexibility index (Phi) is 5.26. The SMILES string of the molecule is CCCC(CN)Nc1cc(C(F)(F)F)ncc1[N+](=O)[O-]. The largest absolute Gasteiger partial charge is 0.433 e. The lowest BCUT2D eigenvalue weighted by Gasteiger charge is -2.18. The highest BCUT2D eigenvalue weighted by Gasteiger charge is 2.34. The molecule has 6 nitrogen and oxygen atoms in total. The minimum Gasteiger partial charge on any atom is -0.375 e. The maximum Gasteiger partial charge on any atom is 0.433 e. The topological polar surface area (TPSA) is 94.1 Å². The molecule has 0 aliphatic heterocycles. The van der Waals surface area contributed by atoms with Crippen molar-refractivity contribution in [3.05, 3.63) is 28.1 Å². The normalized spacial score (nSPS) is 13.1. The molecule has 1 heterocycles. The Morgan fingerprint density at radius 2 is 2.20 bits per heavy atom. The molecule has 1 unspecified atom stereocenters. The van der Waals surface area contributed by atoms with Crippen LogP contribution in [0.4, 0.5) is 24.5 Å². The highest BCUT2D eigenvalue weighted by atomic mass is 19.4. The van der Waals surface area contributed by atoms with Crippen molar-refractivity contribution < 1.29 is 18.1 Å². The van der Waals surface area contributed by atoms with Crippen molar-refractivity contribution in [2.75, 3.05) is 11.9 Å². The van der Waals surface area contributed by atoms with Gasteiger partial charge in [0.1, 0.15) is 17.6 Å². The van der Waals surface area contributed by atoms with E-state index >= 15 is 0 Å². The summed E-state index contributed by atoms with van der Waals surface area (Å²) in [5.41, 5.74) is 3.58. The van der Waals surface area contributed by atoms with Gasteiger partial charge in [0.25, 0.3) is 0 Å². The Morgan fingerprint density at radius 1 is 1.55 bits per heavy atom. The Labute approximate surface area is 113 Å². The summed E-state index contributed by atoms with van der Waals surface area (Å²) < 4.78 is 37.7. The van der Waals surface area contributed by atoms with Gasteiger partial charge in [-0.2, -0.15) is 13.2 Å². The van der Waals surface area contributed by atoms with Gasteiger partial charge in [0.15, 0.2) is 0 Å². The number of nitrogens with two attached hydrogens (primary N) is 1. The summed E-state index contributed by atoms with van der Waals surface area (Å²) >= 11 is 0. The van der Waals surface area contributed by atoms with Gasteiger partial charge in [-0.15, -0.1) is 0 Å². The number of hydrogen-bond acceptors (Lipinski definition) is 5. The molecule has 1 aromatic rings. The molecule has 1 atom stereocenters. The number of nitrogens with zero attached hydrogens (tertiary/aromatic N) is 2. The summed E-state index contributed by atoms with van der Waals surface area (Å²) in [5, 5.41) is 13.5. The van der Waals surface area contributed by atoms with Crippen LogP contribution in [0.1, 0.15) is 25.5 Å². The molecule has 0 aromatic carbocycles. The average molecular weight is 292 g/mol. The van der Waals surface area contributed by atoms with E-state index in [0.29, 0.717) is 18.7 Å². The van der Waals surface area contributed by atoms with Crippen molar-refractivity contribution in [2.24, 2.45) is 5.73 Å². The summed E-state index contributed by atoms with van der Waals surface area (Å²) in [6.07, 6.45) is -2.71. The van der Waals surface area contributed by atoms with Gasteiger partial charge in [0.05, 0.1) is 4.92 Å². The van der Waals surface area contributed by atoms with Gasteiger partial charge in [-0.3, -0.25) is 10.1 Å². The van der Waals surface area contributed by atoms with E-state index in [1.54, 1.807) is 0 Å². The van der Waals surface area contributed by atoms with Crippen molar-refractivity contribution in [3.63, 3.8) is 0 Å². The van der Waals surface area contributed by atoms with Crippen molar-refractivity contribution in [1.29, 1.82) is 0 Å². The molecule has 0 fully saturated rings. The van der Waals surface area contributed by atoms with Gasteiger partial charge in [0, 0.05) is 12.6 Å². The third-order valence-electron chi connectivity index (χ3n) is 2.65. The maximum absolute atomic E-state index is 12.6. The molecule has 9 heteroatoms. The van der Waals surface area contributed by atoms with Crippen LogP contribution in [-0.4, -0.2) is 22.5 Å². The lowest BCUT2D eigenvalue weighted by atomic mass is 10.1. The van der Waals surface area contributed by atoms with Crippen LogP contribution in [0.15, 0.2) is 12.3 Å². The number of halogens is 3. The highest BCUT2D eigenvalue weighted by Crippen LogP contribution is 2.33. The Hall–Kier alpha value is -1.90. The van der Waals surface area contributed by atoms with E-state index in [1.165, 1.54) is 0 Å². The van der Waals surface area contributed by atoms with E-state index in [9.17, 15) is 23.3 Å². The van der Waals surface area contributed by atoms with E-state index in [4.69, 9.17) is 5.73 Å². The minimum absolute atomic E-state index is 0.161. The average Bonchev–Trinajstić information content (AvgIpc) is 2.36. The fourth-order valence-corrected chi connectivity index (χ4v) is 1.68. The summed E-state index contributed by atoms with van der Waals surface area (Å²) in [7, 11) is 0. The molecule has 1 aromatic heterocycles. The molecule has 112 valence electrons. The standard InChI is InChI=1S/C11H15F3N4O2/c1-2-3-7(5-15)17-8-4-10(11(12,13)14)16-6-9(8)18(19)20/h4,6-7H,2-3,5,15H2,1H3,(H,16,17). The maximum atomic E-state index is 12.6. The fraction of sp³-hybridized carbons (Fsp3) is 0.545. The zero-order valence-corrected chi connectivity index (χ0v) is 10.8. The summed E-state index contributed by atoms with van der Waals surface area (Å²) in [6, 6.07) is 0.304. The van der Waals surface area contributed by atoms with E-state index < -0.39 is 22.5 Å². The van der Waals surface area contributed by atoms with E-state index in [-0.39, 0.29) is 18.3 Å². The molecular formula is C11H15F3N4O2. The van der Waals surface area contributed by atoms with Crippen LogP contribution in [0.2, 0.25) is 0 Å². The first-order valence-corrected chi connectivity index (χ1v) is 5.97. The first-order valence-electron chi connectivity index (χ1n) is 5.97. The van der Waals surface area contributed by atoms with Crippen LogP contribution in [0, 0.1) is 10.1 Å². The van der Waals surface area contributed by atoms with Crippen molar-refractivity contribution in [3.8, 4) is 0 Å². The first-order chi connectivity index (χ1) is 9.29. The lowest BCUT2D eigenvalue weighted by molar-refractivity contribution is -0.384. The number of rotatable bonds is 6. The second-order valence-electron chi connectivity index (χ2n) is 4.21.